The van der Waals surface area contributed by atoms with E-state index in [0.29, 0.717) is 10.6 Å². The molecule has 1 N–H and O–H groups in total. The third kappa shape index (κ3) is 3.61. The van der Waals surface area contributed by atoms with E-state index >= 15 is 0 Å². The van der Waals surface area contributed by atoms with Crippen LogP contribution in [0.1, 0.15) is 15.4 Å². The van der Waals surface area contributed by atoms with Crippen LogP contribution in [0.5, 0.6) is 0 Å². The molecular weight excluding hydrogens is 362 g/mol. The smallest absolute Gasteiger partial charge is 0.258 e. The molecule has 2 aromatic heterocycles. The zero-order chi connectivity index (χ0) is 17.9. The minimum Gasteiger partial charge on any atom is -0.322 e. The molecule has 0 unspecified atom stereocenters. The predicted molar refractivity (Wildman–Crippen MR) is 107 cm³/mol. The maximum Gasteiger partial charge on any atom is 0.258 e. The van der Waals surface area contributed by atoms with Gasteiger partial charge in [0.2, 0.25) is 0 Å². The molecular formula is C20H15N3OS2. The van der Waals surface area contributed by atoms with Gasteiger partial charge >= 0.3 is 0 Å². The molecule has 2 heterocycles. The summed E-state index contributed by atoms with van der Waals surface area (Å²) < 4.78 is 1.06. The first-order valence-electron chi connectivity index (χ1n) is 8.05. The van der Waals surface area contributed by atoms with Gasteiger partial charge in [-0.15, -0.1) is 11.3 Å². The molecule has 4 rings (SSSR count). The Morgan fingerprint density at radius 3 is 2.77 bits per heavy atom. The van der Waals surface area contributed by atoms with Gasteiger partial charge in [0, 0.05) is 16.8 Å². The van der Waals surface area contributed by atoms with E-state index in [2.05, 4.69) is 15.3 Å². The van der Waals surface area contributed by atoms with Crippen LogP contribution in [0.4, 0.5) is 5.69 Å². The number of anilines is 1. The van der Waals surface area contributed by atoms with Crippen LogP contribution in [-0.4, -0.2) is 15.9 Å². The van der Waals surface area contributed by atoms with Crippen LogP contribution in [0.15, 0.2) is 76.8 Å². The molecule has 0 atom stereocenters. The molecule has 2 aromatic carbocycles. The number of fused-ring (bicyclic) bond motifs is 1. The second-order valence-electron chi connectivity index (χ2n) is 5.64. The van der Waals surface area contributed by atoms with Crippen LogP contribution in [-0.2, 0) is 0 Å². The summed E-state index contributed by atoms with van der Waals surface area (Å²) in [5.74, 6) is -0.169. The van der Waals surface area contributed by atoms with Gasteiger partial charge in [-0.2, -0.15) is 0 Å². The number of pyridine rings is 1. The van der Waals surface area contributed by atoms with Crippen molar-refractivity contribution in [1.29, 1.82) is 0 Å². The summed E-state index contributed by atoms with van der Waals surface area (Å²) in [5.41, 5.74) is 2.26. The maximum atomic E-state index is 12.8. The lowest BCUT2D eigenvalue weighted by atomic mass is 10.2. The molecule has 0 spiro atoms. The molecule has 128 valence electrons. The van der Waals surface area contributed by atoms with Gasteiger partial charge in [-0.25, -0.2) is 9.97 Å². The molecule has 0 saturated heterocycles. The number of thiazole rings is 1. The lowest BCUT2D eigenvalue weighted by Crippen LogP contribution is -2.13. The number of carbonyl (C=O) groups is 1. The van der Waals surface area contributed by atoms with Crippen molar-refractivity contribution in [3.63, 3.8) is 0 Å². The fourth-order valence-corrected chi connectivity index (χ4v) is 4.33. The molecule has 0 saturated carbocycles. The summed E-state index contributed by atoms with van der Waals surface area (Å²) in [6, 6.07) is 19.2. The molecule has 6 heteroatoms. The number of amides is 1. The van der Waals surface area contributed by atoms with Gasteiger partial charge in [0.05, 0.1) is 20.8 Å². The molecule has 0 fully saturated rings. The number of rotatable bonds is 4. The van der Waals surface area contributed by atoms with Crippen LogP contribution in [0.25, 0.3) is 10.2 Å². The average molecular weight is 377 g/mol. The number of aryl methyl sites for hydroxylation is 1. The zero-order valence-electron chi connectivity index (χ0n) is 14.0. The lowest BCUT2D eigenvalue weighted by molar-refractivity contribution is 0.102. The van der Waals surface area contributed by atoms with Gasteiger partial charge in [0.15, 0.2) is 0 Å². The third-order valence-corrected chi connectivity index (χ3v) is 5.69. The normalized spacial score (nSPS) is 10.8. The highest BCUT2D eigenvalue weighted by Crippen LogP contribution is 2.29. The topological polar surface area (TPSA) is 54.9 Å². The van der Waals surface area contributed by atoms with Crippen LogP contribution in [0.3, 0.4) is 0 Å². The van der Waals surface area contributed by atoms with E-state index in [1.807, 2.05) is 55.5 Å². The summed E-state index contributed by atoms with van der Waals surface area (Å²) in [4.78, 5) is 22.7. The van der Waals surface area contributed by atoms with Crippen molar-refractivity contribution in [2.75, 3.05) is 5.32 Å². The molecule has 4 aromatic rings. The highest BCUT2D eigenvalue weighted by molar-refractivity contribution is 7.99. The highest BCUT2D eigenvalue weighted by atomic mass is 32.2. The number of carbonyl (C=O) groups excluding carboxylic acids is 1. The predicted octanol–water partition coefficient (Wildman–Crippen LogP) is 5.40. The number of benzene rings is 2. The molecule has 0 bridgehead atoms. The van der Waals surface area contributed by atoms with Crippen molar-refractivity contribution in [1.82, 2.24) is 9.97 Å². The SMILES string of the molecule is Cc1nc2ccc(NC(=O)c3cccnc3Sc3ccccc3)cc2s1. The molecule has 0 aliphatic carbocycles. The Bertz CT molecular complexity index is 1080. The number of hydrogen-bond acceptors (Lipinski definition) is 5. The van der Waals surface area contributed by atoms with Crippen LogP contribution >= 0.6 is 23.1 Å². The molecule has 1 amide bonds. The van der Waals surface area contributed by atoms with Gasteiger partial charge < -0.3 is 5.32 Å². The van der Waals surface area contributed by atoms with E-state index in [4.69, 9.17) is 0 Å². The lowest BCUT2D eigenvalue weighted by Gasteiger charge is -2.09. The quantitative estimate of drug-likeness (QED) is 0.517. The van der Waals surface area contributed by atoms with Gasteiger partial charge in [-0.3, -0.25) is 4.79 Å². The van der Waals surface area contributed by atoms with Crippen molar-refractivity contribution in [3.8, 4) is 0 Å². The fraction of sp³-hybridized carbons (Fsp3) is 0.0500. The molecule has 0 aliphatic rings. The first kappa shape index (κ1) is 16.8. The minimum absolute atomic E-state index is 0.169. The van der Waals surface area contributed by atoms with E-state index in [1.165, 1.54) is 11.8 Å². The van der Waals surface area contributed by atoms with Crippen molar-refractivity contribution >= 4 is 44.9 Å². The summed E-state index contributed by atoms with van der Waals surface area (Å²) in [6.45, 7) is 1.98. The van der Waals surface area contributed by atoms with Crippen LogP contribution in [0, 0.1) is 6.92 Å². The van der Waals surface area contributed by atoms with Crippen LogP contribution < -0.4 is 5.32 Å². The van der Waals surface area contributed by atoms with Crippen molar-refractivity contribution in [2.24, 2.45) is 0 Å². The monoisotopic (exact) mass is 377 g/mol. The summed E-state index contributed by atoms with van der Waals surface area (Å²) in [6.07, 6.45) is 1.70. The Kier molecular flexibility index (Phi) is 4.69. The van der Waals surface area contributed by atoms with E-state index < -0.39 is 0 Å². The molecule has 0 aliphatic heterocycles. The second-order valence-corrected chi connectivity index (χ2v) is 7.94. The summed E-state index contributed by atoms with van der Waals surface area (Å²) in [7, 11) is 0. The van der Waals surface area contributed by atoms with E-state index in [1.54, 1.807) is 29.7 Å². The van der Waals surface area contributed by atoms with Gasteiger partial charge in [-0.1, -0.05) is 30.0 Å². The van der Waals surface area contributed by atoms with E-state index in [-0.39, 0.29) is 5.91 Å². The Hall–Kier alpha value is -2.70. The van der Waals surface area contributed by atoms with Gasteiger partial charge in [0.1, 0.15) is 5.03 Å². The Morgan fingerprint density at radius 2 is 1.92 bits per heavy atom. The summed E-state index contributed by atoms with van der Waals surface area (Å²) >= 11 is 3.09. The maximum absolute atomic E-state index is 12.8. The average Bonchev–Trinajstić information content (AvgIpc) is 3.02. The number of aromatic nitrogens is 2. The molecule has 0 radical (unpaired) electrons. The molecule has 26 heavy (non-hydrogen) atoms. The first-order chi connectivity index (χ1) is 12.7. The number of nitrogens with one attached hydrogen (secondary N) is 1. The standard InChI is InChI=1S/C20H15N3OS2/c1-13-22-17-10-9-14(12-18(17)25-13)23-19(24)16-8-5-11-21-20(16)26-15-6-3-2-4-7-15/h2-12H,1H3,(H,23,24). The molecule has 4 nitrogen and oxygen atoms in total. The Labute approximate surface area is 159 Å². The zero-order valence-corrected chi connectivity index (χ0v) is 15.6. The largest absolute Gasteiger partial charge is 0.322 e. The van der Waals surface area contributed by atoms with Crippen molar-refractivity contribution < 1.29 is 4.79 Å². The summed E-state index contributed by atoms with van der Waals surface area (Å²) in [5, 5.41) is 4.67. The van der Waals surface area contributed by atoms with Crippen molar-refractivity contribution in [2.45, 2.75) is 16.8 Å². The Balaban J connectivity index is 1.59. The van der Waals surface area contributed by atoms with Crippen LogP contribution in [0.2, 0.25) is 0 Å². The van der Waals surface area contributed by atoms with E-state index in [0.717, 1.165) is 25.8 Å². The second kappa shape index (κ2) is 7.27. The third-order valence-electron chi connectivity index (χ3n) is 3.73. The van der Waals surface area contributed by atoms with Crippen molar-refractivity contribution in [3.05, 3.63) is 77.4 Å². The number of nitrogens with zero attached hydrogens (tertiary/aromatic N) is 2. The van der Waals surface area contributed by atoms with E-state index in [9.17, 15) is 4.79 Å². The minimum atomic E-state index is -0.169. The first-order valence-corrected chi connectivity index (χ1v) is 9.69. The number of hydrogen-bond donors (Lipinski definition) is 1. The highest BCUT2D eigenvalue weighted by Gasteiger charge is 2.14. The fourth-order valence-electron chi connectivity index (χ4n) is 2.56. The van der Waals surface area contributed by atoms with Gasteiger partial charge in [0.25, 0.3) is 5.91 Å². The van der Waals surface area contributed by atoms with Gasteiger partial charge in [-0.05, 0) is 49.4 Å². The Morgan fingerprint density at radius 1 is 1.08 bits per heavy atom.